The second kappa shape index (κ2) is 3.62. The van der Waals surface area contributed by atoms with Gasteiger partial charge in [-0.3, -0.25) is 0 Å². The van der Waals surface area contributed by atoms with Crippen molar-refractivity contribution in [1.29, 1.82) is 0 Å². The molecule has 0 unspecified atom stereocenters. The molecule has 0 radical (unpaired) electrons. The first-order valence-corrected chi connectivity index (χ1v) is 7.11. The van der Waals surface area contributed by atoms with Crippen molar-refractivity contribution in [2.75, 3.05) is 0 Å². The van der Waals surface area contributed by atoms with Crippen molar-refractivity contribution in [2.45, 2.75) is 25.7 Å². The van der Waals surface area contributed by atoms with Gasteiger partial charge in [-0.05, 0) is 0 Å². The van der Waals surface area contributed by atoms with Crippen molar-refractivity contribution in [3.8, 4) is 0 Å². The molecular weight excluding hydrogens is 251 g/mol. The first-order chi connectivity index (χ1) is 7.36. The zero-order valence-corrected chi connectivity index (χ0v) is 10.2. The quantitative estimate of drug-likeness (QED) is 0.665. The Bertz CT molecular complexity index is 568. The first kappa shape index (κ1) is 9.38. The van der Waals surface area contributed by atoms with E-state index in [9.17, 15) is 4.79 Å². The third-order valence-corrected chi connectivity index (χ3v) is 5.73. The van der Waals surface area contributed by atoms with E-state index < -0.39 is 0 Å². The van der Waals surface area contributed by atoms with E-state index in [1.165, 1.54) is 21.5 Å². The van der Waals surface area contributed by atoms with Crippen LogP contribution in [0.15, 0.2) is 29.1 Å². The van der Waals surface area contributed by atoms with Gasteiger partial charge in [0.2, 0.25) is 0 Å². The summed E-state index contributed by atoms with van der Waals surface area (Å²) in [4.78, 5) is 12.2. The van der Waals surface area contributed by atoms with E-state index in [2.05, 4.69) is 6.07 Å². The molecule has 0 N–H and O–H groups in total. The number of rotatable bonds is 0. The Balaban J connectivity index is 2.41. The van der Waals surface area contributed by atoms with Crippen LogP contribution in [0.5, 0.6) is 0 Å². The molecule has 1 nitrogen and oxygen atoms in total. The Morgan fingerprint density at radius 1 is 1.07 bits per heavy atom. The van der Waals surface area contributed by atoms with Crippen LogP contribution in [0.2, 0.25) is 0 Å². The fourth-order valence-corrected chi connectivity index (χ4v) is 4.89. The molecule has 0 atom stereocenters. The van der Waals surface area contributed by atoms with Gasteiger partial charge in [-0.15, -0.1) is 0 Å². The van der Waals surface area contributed by atoms with Crippen molar-refractivity contribution in [3.63, 3.8) is 0 Å². The number of hydrogen-bond donors (Lipinski definition) is 0. The molecule has 0 amide bonds. The zero-order valence-electron chi connectivity index (χ0n) is 8.45. The molecule has 0 saturated carbocycles. The van der Waals surface area contributed by atoms with Crippen LogP contribution in [0.3, 0.4) is 0 Å². The maximum atomic E-state index is 12.2. The average Bonchev–Trinajstić information content (AvgIpc) is 2.30. The summed E-state index contributed by atoms with van der Waals surface area (Å²) in [6.45, 7) is 0. The molecule has 1 heterocycles. The number of aryl methyl sites for hydroxylation is 1. The molecule has 3 rings (SSSR count). The Hall–Kier alpha value is -0.851. The second-order valence-electron chi connectivity index (χ2n) is 4.04. The predicted molar refractivity (Wildman–Crippen MR) is 63.8 cm³/mol. The second-order valence-corrected chi connectivity index (χ2v) is 6.42. The van der Waals surface area contributed by atoms with E-state index in [1.54, 1.807) is 0 Å². The summed E-state index contributed by atoms with van der Waals surface area (Å²) in [6.07, 6.45) is 4.65. The molecule has 1 aliphatic carbocycles. The molecule has 1 aliphatic rings. The van der Waals surface area contributed by atoms with E-state index in [0.29, 0.717) is 19.9 Å². The summed E-state index contributed by atoms with van der Waals surface area (Å²) >= 11 is 0.417. The van der Waals surface area contributed by atoms with Gasteiger partial charge in [-0.1, -0.05) is 0 Å². The Kier molecular flexibility index (Phi) is 2.27. The molecule has 0 saturated heterocycles. The van der Waals surface area contributed by atoms with Gasteiger partial charge in [-0.2, -0.15) is 0 Å². The fraction of sp³-hybridized carbons (Fsp3) is 0.308. The van der Waals surface area contributed by atoms with E-state index in [1.807, 2.05) is 18.2 Å². The predicted octanol–water partition coefficient (Wildman–Crippen LogP) is 2.14. The van der Waals surface area contributed by atoms with Crippen molar-refractivity contribution in [1.82, 2.24) is 0 Å². The Morgan fingerprint density at radius 3 is 2.80 bits per heavy atom. The zero-order chi connectivity index (χ0) is 10.3. The fourth-order valence-electron chi connectivity index (χ4n) is 2.27. The number of benzene rings is 1. The molecule has 2 aromatic rings. The van der Waals surface area contributed by atoms with Crippen LogP contribution < -0.4 is 5.43 Å². The third kappa shape index (κ3) is 1.49. The van der Waals surface area contributed by atoms with E-state index >= 15 is 0 Å². The van der Waals surface area contributed by atoms with Crippen LogP contribution in [0.1, 0.15) is 22.8 Å². The van der Waals surface area contributed by atoms with Gasteiger partial charge in [0.25, 0.3) is 0 Å². The van der Waals surface area contributed by atoms with E-state index in [-0.39, 0.29) is 0 Å². The van der Waals surface area contributed by atoms with Crippen molar-refractivity contribution >= 4 is 24.1 Å². The van der Waals surface area contributed by atoms with Gasteiger partial charge in [0, 0.05) is 0 Å². The minimum atomic E-state index is 0.313. The molecular formula is C13H12OSe. The van der Waals surface area contributed by atoms with Crippen LogP contribution in [-0.4, -0.2) is 14.5 Å². The van der Waals surface area contributed by atoms with Crippen molar-refractivity contribution in [3.05, 3.63) is 44.5 Å². The normalized spacial score (nSPS) is 15.2. The van der Waals surface area contributed by atoms with Gasteiger partial charge in [0.05, 0.1) is 0 Å². The molecule has 0 fully saturated rings. The number of hydrogen-bond acceptors (Lipinski definition) is 1. The summed E-state index contributed by atoms with van der Waals surface area (Å²) in [5.74, 6) is 0. The van der Waals surface area contributed by atoms with Crippen LogP contribution >= 0.6 is 0 Å². The third-order valence-electron chi connectivity index (χ3n) is 3.06. The van der Waals surface area contributed by atoms with Crippen LogP contribution in [0.25, 0.3) is 9.65 Å². The summed E-state index contributed by atoms with van der Waals surface area (Å²) in [6, 6.07) is 8.12. The van der Waals surface area contributed by atoms with E-state index in [0.717, 1.165) is 23.8 Å². The monoisotopic (exact) mass is 264 g/mol. The Morgan fingerprint density at radius 2 is 1.87 bits per heavy atom. The summed E-state index contributed by atoms with van der Waals surface area (Å²) < 4.78 is 2.76. The summed E-state index contributed by atoms with van der Waals surface area (Å²) in [5.41, 5.74) is 1.47. The first-order valence-electron chi connectivity index (χ1n) is 5.40. The number of fused-ring (bicyclic) bond motifs is 2. The summed E-state index contributed by atoms with van der Waals surface area (Å²) in [7, 11) is 0. The van der Waals surface area contributed by atoms with Gasteiger partial charge in [0.1, 0.15) is 0 Å². The molecule has 1 aromatic carbocycles. The van der Waals surface area contributed by atoms with Gasteiger partial charge >= 0.3 is 94.3 Å². The topological polar surface area (TPSA) is 17.1 Å². The van der Waals surface area contributed by atoms with Crippen LogP contribution in [0, 0.1) is 0 Å². The molecule has 0 spiro atoms. The molecule has 1 aromatic heterocycles. The summed E-state index contributed by atoms with van der Waals surface area (Å²) in [5, 5.41) is 0.971. The average molecular weight is 263 g/mol. The van der Waals surface area contributed by atoms with Crippen molar-refractivity contribution < 1.29 is 0 Å². The van der Waals surface area contributed by atoms with Gasteiger partial charge in [0.15, 0.2) is 0 Å². The maximum absolute atomic E-state index is 12.2. The SMILES string of the molecule is O=c1c2c([se]c3ccccc13)CCCC2. The van der Waals surface area contributed by atoms with Gasteiger partial charge < -0.3 is 0 Å². The standard InChI is InChI=1S/C13H12OSe/c14-13-9-5-1-3-7-11(9)15-12-8-4-2-6-10(12)13/h1,3,5,7H,2,4,6,8H2. The van der Waals surface area contributed by atoms with E-state index in [4.69, 9.17) is 0 Å². The van der Waals surface area contributed by atoms with Crippen molar-refractivity contribution in [2.24, 2.45) is 0 Å². The Labute approximate surface area is 94.5 Å². The molecule has 0 bridgehead atoms. The molecule has 76 valence electrons. The molecule has 15 heavy (non-hydrogen) atoms. The van der Waals surface area contributed by atoms with Crippen LogP contribution in [-0.2, 0) is 12.8 Å². The van der Waals surface area contributed by atoms with Gasteiger partial charge in [-0.25, -0.2) is 0 Å². The molecule has 2 heteroatoms. The minimum absolute atomic E-state index is 0.313. The molecule has 0 aliphatic heterocycles. The van der Waals surface area contributed by atoms with Crippen LogP contribution in [0.4, 0.5) is 0 Å².